The second kappa shape index (κ2) is 6.78. The summed E-state index contributed by atoms with van der Waals surface area (Å²) in [7, 11) is 0. The summed E-state index contributed by atoms with van der Waals surface area (Å²) >= 11 is 1.99. The van der Waals surface area contributed by atoms with Gasteiger partial charge in [-0.05, 0) is 31.9 Å². The molecule has 1 N–H and O–H groups in total. The zero-order valence-electron chi connectivity index (χ0n) is 10.8. The molecule has 1 aliphatic carbocycles. The van der Waals surface area contributed by atoms with Gasteiger partial charge in [0.15, 0.2) is 0 Å². The number of nitrogens with one attached hydrogen (secondary N) is 1. The second-order valence-corrected chi connectivity index (χ2v) is 6.13. The zero-order valence-corrected chi connectivity index (χ0v) is 11.6. The first-order valence-corrected chi connectivity index (χ1v) is 7.63. The lowest BCUT2D eigenvalue weighted by molar-refractivity contribution is 0.0956. The van der Waals surface area contributed by atoms with Crippen molar-refractivity contribution < 1.29 is 4.79 Å². The maximum Gasteiger partial charge on any atom is 0.252 e. The van der Waals surface area contributed by atoms with Crippen molar-refractivity contribution >= 4 is 17.7 Å². The predicted molar refractivity (Wildman–Crippen MR) is 76.0 cm³/mol. The maximum atomic E-state index is 11.8. The van der Waals surface area contributed by atoms with E-state index in [1.54, 1.807) is 6.20 Å². The van der Waals surface area contributed by atoms with Crippen molar-refractivity contribution in [1.82, 2.24) is 10.3 Å². The van der Waals surface area contributed by atoms with Crippen molar-refractivity contribution in [3.05, 3.63) is 29.6 Å². The van der Waals surface area contributed by atoms with Crippen LogP contribution in [0, 0.1) is 6.92 Å². The smallest absolute Gasteiger partial charge is 0.252 e. The van der Waals surface area contributed by atoms with Crippen molar-refractivity contribution in [3.8, 4) is 0 Å². The number of carbonyl (C=O) groups is 1. The molecule has 1 aromatic heterocycles. The molecule has 0 atom stereocenters. The highest BCUT2D eigenvalue weighted by Gasteiger charge is 2.14. The molecule has 1 fully saturated rings. The minimum absolute atomic E-state index is 0.0190. The van der Waals surface area contributed by atoms with Gasteiger partial charge in [-0.15, -0.1) is 0 Å². The van der Waals surface area contributed by atoms with Crippen LogP contribution in [0.3, 0.4) is 0 Å². The van der Waals surface area contributed by atoms with Crippen LogP contribution < -0.4 is 5.32 Å². The molecular weight excluding hydrogens is 244 g/mol. The minimum Gasteiger partial charge on any atom is -0.351 e. The Morgan fingerprint density at radius 2 is 2.22 bits per heavy atom. The number of pyridine rings is 1. The van der Waals surface area contributed by atoms with Gasteiger partial charge < -0.3 is 5.32 Å². The summed E-state index contributed by atoms with van der Waals surface area (Å²) in [6.07, 6.45) is 7.08. The maximum absolute atomic E-state index is 11.8. The molecule has 3 nitrogen and oxygen atoms in total. The Hall–Kier alpha value is -1.03. The third kappa shape index (κ3) is 4.02. The summed E-state index contributed by atoms with van der Waals surface area (Å²) in [5.74, 6) is 0.991. The third-order valence-electron chi connectivity index (χ3n) is 3.22. The van der Waals surface area contributed by atoms with E-state index in [0.29, 0.717) is 5.56 Å². The highest BCUT2D eigenvalue weighted by Crippen LogP contribution is 2.28. The SMILES string of the molecule is Cc1ccc(C(=O)NCCSC2CCCC2)cn1. The topological polar surface area (TPSA) is 42.0 Å². The minimum atomic E-state index is -0.0190. The highest BCUT2D eigenvalue weighted by atomic mass is 32.2. The summed E-state index contributed by atoms with van der Waals surface area (Å²) < 4.78 is 0. The fourth-order valence-corrected chi connectivity index (χ4v) is 3.37. The van der Waals surface area contributed by atoms with Crippen molar-refractivity contribution in [2.24, 2.45) is 0 Å². The number of aryl methyl sites for hydroxylation is 1. The van der Waals surface area contributed by atoms with Gasteiger partial charge in [-0.1, -0.05) is 12.8 Å². The Labute approximate surface area is 113 Å². The van der Waals surface area contributed by atoms with Crippen LogP contribution in [0.1, 0.15) is 41.7 Å². The van der Waals surface area contributed by atoms with Gasteiger partial charge in [-0.3, -0.25) is 9.78 Å². The van der Waals surface area contributed by atoms with Crippen LogP contribution in [0.5, 0.6) is 0 Å². The molecular formula is C14H20N2OS. The van der Waals surface area contributed by atoms with Gasteiger partial charge in [0.25, 0.3) is 5.91 Å². The first kappa shape index (κ1) is 13.4. The lowest BCUT2D eigenvalue weighted by Gasteiger charge is -2.09. The number of rotatable bonds is 5. The molecule has 0 aromatic carbocycles. The molecule has 0 bridgehead atoms. The molecule has 0 unspecified atom stereocenters. The molecule has 1 aliphatic rings. The molecule has 1 heterocycles. The number of hydrogen-bond donors (Lipinski definition) is 1. The van der Waals surface area contributed by atoms with Gasteiger partial charge in [0, 0.05) is 29.4 Å². The van der Waals surface area contributed by atoms with Crippen LogP contribution in [-0.2, 0) is 0 Å². The van der Waals surface area contributed by atoms with Crippen LogP contribution in [-0.4, -0.2) is 28.4 Å². The monoisotopic (exact) mass is 264 g/mol. The molecule has 0 saturated heterocycles. The van der Waals surface area contributed by atoms with Crippen molar-refractivity contribution in [1.29, 1.82) is 0 Å². The van der Waals surface area contributed by atoms with Gasteiger partial charge in [0.2, 0.25) is 0 Å². The Balaban J connectivity index is 1.66. The van der Waals surface area contributed by atoms with E-state index < -0.39 is 0 Å². The summed E-state index contributed by atoms with van der Waals surface area (Å²) in [5, 5.41) is 3.76. The van der Waals surface area contributed by atoms with Gasteiger partial charge in [-0.2, -0.15) is 11.8 Å². The Bertz CT molecular complexity index is 385. The average molecular weight is 264 g/mol. The molecule has 0 radical (unpaired) electrons. The lowest BCUT2D eigenvalue weighted by atomic mass is 10.2. The van der Waals surface area contributed by atoms with Gasteiger partial charge in [0.1, 0.15) is 0 Å². The van der Waals surface area contributed by atoms with Crippen molar-refractivity contribution in [2.75, 3.05) is 12.3 Å². The fraction of sp³-hybridized carbons (Fsp3) is 0.571. The first-order chi connectivity index (χ1) is 8.75. The first-order valence-electron chi connectivity index (χ1n) is 6.58. The molecule has 1 amide bonds. The summed E-state index contributed by atoms with van der Waals surface area (Å²) in [6.45, 7) is 2.66. The molecule has 18 heavy (non-hydrogen) atoms. The number of hydrogen-bond acceptors (Lipinski definition) is 3. The Morgan fingerprint density at radius 3 is 2.89 bits per heavy atom. The van der Waals surface area contributed by atoms with E-state index in [1.807, 2.05) is 30.8 Å². The van der Waals surface area contributed by atoms with E-state index in [0.717, 1.165) is 23.2 Å². The van der Waals surface area contributed by atoms with Gasteiger partial charge in [0.05, 0.1) is 5.56 Å². The molecule has 0 spiro atoms. The average Bonchev–Trinajstić information content (AvgIpc) is 2.88. The van der Waals surface area contributed by atoms with Crippen LogP contribution in [0.25, 0.3) is 0 Å². The Morgan fingerprint density at radius 1 is 1.44 bits per heavy atom. The largest absolute Gasteiger partial charge is 0.351 e. The van der Waals surface area contributed by atoms with E-state index in [1.165, 1.54) is 25.7 Å². The van der Waals surface area contributed by atoms with Crippen molar-refractivity contribution in [2.45, 2.75) is 37.9 Å². The standard InChI is InChI=1S/C14H20N2OS/c1-11-6-7-12(10-16-11)14(17)15-8-9-18-13-4-2-3-5-13/h6-7,10,13H,2-5,8-9H2,1H3,(H,15,17). The molecule has 1 aromatic rings. The molecule has 0 aliphatic heterocycles. The number of nitrogens with zero attached hydrogens (tertiary/aromatic N) is 1. The normalized spacial score (nSPS) is 15.8. The number of thioether (sulfide) groups is 1. The quantitative estimate of drug-likeness (QED) is 0.832. The van der Waals surface area contributed by atoms with Crippen LogP contribution >= 0.6 is 11.8 Å². The second-order valence-electron chi connectivity index (χ2n) is 4.72. The predicted octanol–water partition coefficient (Wildman–Crippen LogP) is 2.80. The van der Waals surface area contributed by atoms with Gasteiger partial charge in [-0.25, -0.2) is 0 Å². The van der Waals surface area contributed by atoms with E-state index in [2.05, 4.69) is 10.3 Å². The lowest BCUT2D eigenvalue weighted by Crippen LogP contribution is -2.26. The van der Waals surface area contributed by atoms with E-state index >= 15 is 0 Å². The fourth-order valence-electron chi connectivity index (χ4n) is 2.15. The molecule has 98 valence electrons. The van der Waals surface area contributed by atoms with Crippen LogP contribution in [0.15, 0.2) is 18.3 Å². The highest BCUT2D eigenvalue weighted by molar-refractivity contribution is 7.99. The van der Waals surface area contributed by atoms with Crippen LogP contribution in [0.4, 0.5) is 0 Å². The van der Waals surface area contributed by atoms with E-state index in [9.17, 15) is 4.79 Å². The van der Waals surface area contributed by atoms with E-state index in [4.69, 9.17) is 0 Å². The molecule has 2 rings (SSSR count). The number of aromatic nitrogens is 1. The summed E-state index contributed by atoms with van der Waals surface area (Å²) in [6, 6.07) is 3.68. The van der Waals surface area contributed by atoms with Gasteiger partial charge >= 0.3 is 0 Å². The van der Waals surface area contributed by atoms with Crippen LogP contribution in [0.2, 0.25) is 0 Å². The summed E-state index contributed by atoms with van der Waals surface area (Å²) in [4.78, 5) is 15.9. The third-order valence-corrected chi connectivity index (χ3v) is 4.60. The summed E-state index contributed by atoms with van der Waals surface area (Å²) in [5.41, 5.74) is 1.58. The molecule has 1 saturated carbocycles. The number of amides is 1. The van der Waals surface area contributed by atoms with Crippen molar-refractivity contribution in [3.63, 3.8) is 0 Å². The van der Waals surface area contributed by atoms with E-state index in [-0.39, 0.29) is 5.91 Å². The Kier molecular flexibility index (Phi) is 5.05. The number of carbonyl (C=O) groups excluding carboxylic acids is 1. The zero-order chi connectivity index (χ0) is 12.8. The molecule has 4 heteroatoms.